The Morgan fingerprint density at radius 3 is 2.70 bits per heavy atom. The zero-order valence-corrected chi connectivity index (χ0v) is 16.8. The van der Waals surface area contributed by atoms with Gasteiger partial charge >= 0.3 is 0 Å². The van der Waals surface area contributed by atoms with Gasteiger partial charge in [0.15, 0.2) is 5.13 Å². The molecule has 1 N–H and O–H groups in total. The van der Waals surface area contributed by atoms with Crippen LogP contribution in [0.25, 0.3) is 22.0 Å². The molecule has 0 saturated heterocycles. The topological polar surface area (TPSA) is 51.2 Å². The first-order valence-electron chi connectivity index (χ1n) is 8.23. The number of fused-ring (bicyclic) bond motifs is 1. The number of halogens is 1. The maximum absolute atomic E-state index is 12.8. The molecular weight excluding hydrogens is 424 g/mol. The highest BCUT2D eigenvalue weighted by molar-refractivity contribution is 9.10. The minimum atomic E-state index is -0.168. The van der Waals surface area contributed by atoms with Crippen LogP contribution in [0, 0.1) is 0 Å². The van der Waals surface area contributed by atoms with E-state index in [0.29, 0.717) is 10.7 Å². The van der Waals surface area contributed by atoms with Crippen LogP contribution >= 0.6 is 27.3 Å². The Hall–Kier alpha value is -2.70. The lowest BCUT2D eigenvalue weighted by Gasteiger charge is -2.06. The highest BCUT2D eigenvalue weighted by atomic mass is 79.9. The van der Waals surface area contributed by atoms with Crippen molar-refractivity contribution in [2.24, 2.45) is 0 Å². The van der Waals surface area contributed by atoms with E-state index in [-0.39, 0.29) is 5.91 Å². The third kappa shape index (κ3) is 3.72. The number of amides is 1. The first-order valence-corrected chi connectivity index (χ1v) is 9.91. The molecule has 0 atom stereocenters. The Bertz CT molecular complexity index is 1120. The van der Waals surface area contributed by atoms with Crippen LogP contribution in [0.1, 0.15) is 10.4 Å². The van der Waals surface area contributed by atoms with Crippen molar-refractivity contribution in [3.63, 3.8) is 0 Å². The maximum atomic E-state index is 12.8. The molecule has 27 heavy (non-hydrogen) atoms. The van der Waals surface area contributed by atoms with E-state index >= 15 is 0 Å². The van der Waals surface area contributed by atoms with Gasteiger partial charge in [0, 0.05) is 21.0 Å². The lowest BCUT2D eigenvalue weighted by Crippen LogP contribution is -2.12. The van der Waals surface area contributed by atoms with E-state index in [0.717, 1.165) is 32.3 Å². The Labute approximate surface area is 169 Å². The highest BCUT2D eigenvalue weighted by Gasteiger charge is 2.13. The van der Waals surface area contributed by atoms with Crippen LogP contribution in [0.3, 0.4) is 0 Å². The van der Waals surface area contributed by atoms with Crippen molar-refractivity contribution in [1.82, 2.24) is 4.98 Å². The summed E-state index contributed by atoms with van der Waals surface area (Å²) in [5.74, 6) is 0.628. The van der Waals surface area contributed by atoms with Gasteiger partial charge in [0.1, 0.15) is 5.75 Å². The van der Waals surface area contributed by atoms with Crippen LogP contribution in [0.15, 0.2) is 70.5 Å². The number of rotatable bonds is 4. The fraction of sp³-hybridized carbons (Fsp3) is 0.0476. The summed E-state index contributed by atoms with van der Waals surface area (Å²) in [6.45, 7) is 0. The number of methoxy groups -OCH3 is 1. The lowest BCUT2D eigenvalue weighted by atomic mass is 10.0. The van der Waals surface area contributed by atoms with Crippen LogP contribution < -0.4 is 10.1 Å². The Balaban J connectivity index is 1.58. The summed E-state index contributed by atoms with van der Waals surface area (Å²) >= 11 is 4.87. The first-order chi connectivity index (χ1) is 13.1. The second kappa shape index (κ2) is 7.50. The fourth-order valence-electron chi connectivity index (χ4n) is 2.84. The summed E-state index contributed by atoms with van der Waals surface area (Å²) in [7, 11) is 1.64. The maximum Gasteiger partial charge on any atom is 0.258 e. The third-order valence-electron chi connectivity index (χ3n) is 4.20. The van der Waals surface area contributed by atoms with Gasteiger partial charge in [-0.15, -0.1) is 11.3 Å². The molecule has 1 heterocycles. The van der Waals surface area contributed by atoms with Crippen LogP contribution in [0.4, 0.5) is 5.13 Å². The largest absolute Gasteiger partial charge is 0.497 e. The van der Waals surface area contributed by atoms with Crippen LogP contribution in [-0.4, -0.2) is 18.0 Å². The number of carbonyl (C=O) groups excluding carboxylic acids is 1. The van der Waals surface area contributed by atoms with E-state index in [4.69, 9.17) is 4.74 Å². The van der Waals surface area contributed by atoms with E-state index < -0.39 is 0 Å². The molecule has 0 bridgehead atoms. The molecule has 0 spiro atoms. The fourth-order valence-corrected chi connectivity index (χ4v) is 3.94. The van der Waals surface area contributed by atoms with E-state index in [1.807, 2.05) is 66.0 Å². The van der Waals surface area contributed by atoms with Crippen molar-refractivity contribution in [3.05, 3.63) is 76.1 Å². The molecular formula is C21H15BrN2O2S. The molecule has 6 heteroatoms. The standard InChI is InChI=1S/C21H15BrN2O2S/c1-26-16-8-5-13(6-9-16)19-12-27-21(23-19)24-20(25)18-4-2-3-14-11-15(22)7-10-17(14)18/h2-12H,1H3,(H,23,24,25). The minimum absolute atomic E-state index is 0.168. The molecule has 0 radical (unpaired) electrons. The summed E-state index contributed by atoms with van der Waals surface area (Å²) in [5, 5.41) is 7.32. The molecule has 0 aliphatic rings. The molecule has 4 aromatic rings. The number of hydrogen-bond donors (Lipinski definition) is 1. The van der Waals surface area contributed by atoms with Crippen LogP contribution in [-0.2, 0) is 0 Å². The van der Waals surface area contributed by atoms with Gasteiger partial charge in [-0.1, -0.05) is 34.1 Å². The molecule has 0 aliphatic heterocycles. The predicted octanol–water partition coefficient (Wildman–Crippen LogP) is 5.99. The smallest absolute Gasteiger partial charge is 0.258 e. The molecule has 1 amide bonds. The van der Waals surface area contributed by atoms with Crippen LogP contribution in [0.2, 0.25) is 0 Å². The Morgan fingerprint density at radius 2 is 1.93 bits per heavy atom. The van der Waals surface area contributed by atoms with Crippen molar-refractivity contribution in [2.75, 3.05) is 12.4 Å². The SMILES string of the molecule is COc1ccc(-c2csc(NC(=O)c3cccc4cc(Br)ccc34)n2)cc1. The zero-order chi connectivity index (χ0) is 18.8. The number of hydrogen-bond acceptors (Lipinski definition) is 4. The normalized spacial score (nSPS) is 10.7. The molecule has 0 fully saturated rings. The number of carbonyl (C=O) groups is 1. The number of benzene rings is 3. The quantitative estimate of drug-likeness (QED) is 0.425. The minimum Gasteiger partial charge on any atom is -0.497 e. The van der Waals surface area contributed by atoms with Crippen molar-refractivity contribution in [1.29, 1.82) is 0 Å². The van der Waals surface area contributed by atoms with Gasteiger partial charge in [-0.2, -0.15) is 0 Å². The van der Waals surface area contributed by atoms with E-state index in [1.165, 1.54) is 11.3 Å². The molecule has 0 unspecified atom stereocenters. The second-order valence-corrected chi connectivity index (χ2v) is 7.67. The molecule has 4 nitrogen and oxygen atoms in total. The molecule has 3 aromatic carbocycles. The summed E-state index contributed by atoms with van der Waals surface area (Å²) in [5.41, 5.74) is 2.42. The molecule has 0 saturated carbocycles. The van der Waals surface area contributed by atoms with Gasteiger partial charge in [-0.25, -0.2) is 4.98 Å². The Morgan fingerprint density at radius 1 is 1.11 bits per heavy atom. The summed E-state index contributed by atoms with van der Waals surface area (Å²) < 4.78 is 6.16. The number of ether oxygens (including phenoxy) is 1. The zero-order valence-electron chi connectivity index (χ0n) is 14.4. The molecule has 134 valence electrons. The number of thiazole rings is 1. The predicted molar refractivity (Wildman–Crippen MR) is 114 cm³/mol. The number of nitrogens with one attached hydrogen (secondary N) is 1. The van der Waals surface area contributed by atoms with Crippen molar-refractivity contribution in [3.8, 4) is 17.0 Å². The average molecular weight is 439 g/mol. The second-order valence-electron chi connectivity index (χ2n) is 5.89. The number of nitrogens with zero attached hydrogens (tertiary/aromatic N) is 1. The molecule has 0 aliphatic carbocycles. The van der Waals surface area contributed by atoms with Gasteiger partial charge in [-0.3, -0.25) is 10.1 Å². The van der Waals surface area contributed by atoms with Gasteiger partial charge in [-0.05, 0) is 53.2 Å². The lowest BCUT2D eigenvalue weighted by molar-refractivity contribution is 0.102. The van der Waals surface area contributed by atoms with Gasteiger partial charge < -0.3 is 4.74 Å². The summed E-state index contributed by atoms with van der Waals surface area (Å²) in [4.78, 5) is 17.3. The van der Waals surface area contributed by atoms with Crippen molar-refractivity contribution < 1.29 is 9.53 Å². The monoisotopic (exact) mass is 438 g/mol. The highest BCUT2D eigenvalue weighted by Crippen LogP contribution is 2.28. The average Bonchev–Trinajstić information content (AvgIpc) is 3.15. The molecule has 1 aromatic heterocycles. The van der Waals surface area contributed by atoms with Crippen molar-refractivity contribution in [2.45, 2.75) is 0 Å². The Kier molecular flexibility index (Phi) is 4.92. The summed E-state index contributed by atoms with van der Waals surface area (Å²) in [6, 6.07) is 19.2. The first kappa shape index (κ1) is 17.7. The van der Waals surface area contributed by atoms with Crippen LogP contribution in [0.5, 0.6) is 5.75 Å². The molecule has 4 rings (SSSR count). The van der Waals surface area contributed by atoms with Crippen molar-refractivity contribution >= 4 is 49.1 Å². The van der Waals surface area contributed by atoms with Gasteiger partial charge in [0.2, 0.25) is 0 Å². The number of aromatic nitrogens is 1. The van der Waals surface area contributed by atoms with E-state index in [9.17, 15) is 4.79 Å². The van der Waals surface area contributed by atoms with E-state index in [2.05, 4.69) is 26.2 Å². The number of anilines is 1. The van der Waals surface area contributed by atoms with Gasteiger partial charge in [0.25, 0.3) is 5.91 Å². The van der Waals surface area contributed by atoms with Gasteiger partial charge in [0.05, 0.1) is 12.8 Å². The van der Waals surface area contributed by atoms with E-state index in [1.54, 1.807) is 7.11 Å². The summed E-state index contributed by atoms with van der Waals surface area (Å²) in [6.07, 6.45) is 0. The third-order valence-corrected chi connectivity index (χ3v) is 5.45.